The minimum Gasteiger partial charge on any atom is -0.390 e. The second-order valence-corrected chi connectivity index (χ2v) is 5.82. The normalized spacial score (nSPS) is 19.9. The lowest BCUT2D eigenvalue weighted by atomic mass is 9.87. The van der Waals surface area contributed by atoms with Crippen molar-refractivity contribution in [2.24, 2.45) is 0 Å². The summed E-state index contributed by atoms with van der Waals surface area (Å²) in [5.74, 6) is -0.250. The molecule has 1 N–H and O–H groups in total. The fraction of sp³-hybridized carbons (Fsp3) is 0.571. The molecule has 1 aliphatic rings. The second kappa shape index (κ2) is 5.49. The SMILES string of the molecule is OC1(Cc2cccc(F)c2Br)CCCCCC1. The first-order valence-corrected chi connectivity index (χ1v) is 7.05. The van der Waals surface area contributed by atoms with Crippen LogP contribution in [0.25, 0.3) is 0 Å². The number of hydrogen-bond donors (Lipinski definition) is 1. The van der Waals surface area contributed by atoms with Crippen LogP contribution in [0, 0.1) is 5.82 Å². The van der Waals surface area contributed by atoms with E-state index in [0.29, 0.717) is 10.9 Å². The fourth-order valence-electron chi connectivity index (χ4n) is 2.60. The van der Waals surface area contributed by atoms with Gasteiger partial charge in [-0.2, -0.15) is 0 Å². The van der Waals surface area contributed by atoms with Gasteiger partial charge in [-0.3, -0.25) is 0 Å². The first-order chi connectivity index (χ1) is 8.11. The van der Waals surface area contributed by atoms with Crippen molar-refractivity contribution in [3.05, 3.63) is 34.1 Å². The smallest absolute Gasteiger partial charge is 0.137 e. The molecule has 0 bridgehead atoms. The Morgan fingerprint density at radius 1 is 1.18 bits per heavy atom. The molecular formula is C14H18BrFO. The van der Waals surface area contributed by atoms with Crippen LogP contribution in [0.1, 0.15) is 44.1 Å². The third-order valence-electron chi connectivity index (χ3n) is 3.59. The molecule has 17 heavy (non-hydrogen) atoms. The third kappa shape index (κ3) is 3.29. The van der Waals surface area contributed by atoms with Gasteiger partial charge in [0, 0.05) is 6.42 Å². The monoisotopic (exact) mass is 300 g/mol. The zero-order valence-electron chi connectivity index (χ0n) is 9.88. The van der Waals surface area contributed by atoms with E-state index in [0.717, 1.165) is 31.2 Å². The maximum absolute atomic E-state index is 13.4. The molecule has 0 spiro atoms. The summed E-state index contributed by atoms with van der Waals surface area (Å²) in [6.45, 7) is 0. The summed E-state index contributed by atoms with van der Waals surface area (Å²) in [6.07, 6.45) is 6.75. The van der Waals surface area contributed by atoms with Crippen molar-refractivity contribution in [1.29, 1.82) is 0 Å². The number of halogens is 2. The van der Waals surface area contributed by atoms with Crippen LogP contribution in [0.4, 0.5) is 4.39 Å². The van der Waals surface area contributed by atoms with Crippen molar-refractivity contribution in [2.75, 3.05) is 0 Å². The van der Waals surface area contributed by atoms with Crippen molar-refractivity contribution < 1.29 is 9.50 Å². The molecule has 0 heterocycles. The topological polar surface area (TPSA) is 20.2 Å². The van der Waals surface area contributed by atoms with E-state index in [1.165, 1.54) is 18.9 Å². The molecule has 1 aliphatic carbocycles. The predicted octanol–water partition coefficient (Wildman–Crippen LogP) is 4.22. The minimum atomic E-state index is -0.646. The molecule has 0 radical (unpaired) electrons. The van der Waals surface area contributed by atoms with Crippen LogP contribution in [0.3, 0.4) is 0 Å². The summed E-state index contributed by atoms with van der Waals surface area (Å²) in [4.78, 5) is 0. The molecule has 94 valence electrons. The predicted molar refractivity (Wildman–Crippen MR) is 70.5 cm³/mol. The number of hydrogen-bond acceptors (Lipinski definition) is 1. The van der Waals surface area contributed by atoms with Gasteiger partial charge in [0.05, 0.1) is 10.1 Å². The first-order valence-electron chi connectivity index (χ1n) is 6.26. The van der Waals surface area contributed by atoms with E-state index in [4.69, 9.17) is 0 Å². The molecule has 1 saturated carbocycles. The average Bonchev–Trinajstić information content (AvgIpc) is 2.50. The van der Waals surface area contributed by atoms with Gasteiger partial charge >= 0.3 is 0 Å². The minimum absolute atomic E-state index is 0.250. The number of rotatable bonds is 2. The largest absolute Gasteiger partial charge is 0.390 e. The summed E-state index contributed by atoms with van der Waals surface area (Å²) in [5, 5.41) is 10.6. The molecule has 0 unspecified atom stereocenters. The Hall–Kier alpha value is -0.410. The van der Waals surface area contributed by atoms with Gasteiger partial charge in [0.2, 0.25) is 0 Å². The quantitative estimate of drug-likeness (QED) is 0.811. The molecule has 0 saturated heterocycles. The lowest BCUT2D eigenvalue weighted by Crippen LogP contribution is -2.30. The zero-order chi connectivity index (χ0) is 12.3. The Bertz CT molecular complexity index is 384. The van der Waals surface area contributed by atoms with Crippen LogP contribution in [-0.2, 0) is 6.42 Å². The van der Waals surface area contributed by atoms with E-state index in [2.05, 4.69) is 15.9 Å². The Labute approximate surface area is 110 Å². The maximum Gasteiger partial charge on any atom is 0.137 e. The highest BCUT2D eigenvalue weighted by Crippen LogP contribution is 2.32. The standard InChI is InChI=1S/C14H18BrFO/c15-13-11(6-5-7-12(13)16)10-14(17)8-3-1-2-4-9-14/h5-7,17H,1-4,8-10H2. The van der Waals surface area contributed by atoms with Crippen molar-refractivity contribution in [2.45, 2.75) is 50.5 Å². The van der Waals surface area contributed by atoms with Crippen molar-refractivity contribution in [3.63, 3.8) is 0 Å². The molecule has 0 atom stereocenters. The van der Waals surface area contributed by atoms with Crippen molar-refractivity contribution >= 4 is 15.9 Å². The highest BCUT2D eigenvalue weighted by atomic mass is 79.9. The Morgan fingerprint density at radius 3 is 2.47 bits per heavy atom. The van der Waals surface area contributed by atoms with Crippen molar-refractivity contribution in [1.82, 2.24) is 0 Å². The third-order valence-corrected chi connectivity index (χ3v) is 4.47. The summed E-state index contributed by atoms with van der Waals surface area (Å²) < 4.78 is 13.9. The zero-order valence-corrected chi connectivity index (χ0v) is 11.5. The van der Waals surface area contributed by atoms with Gasteiger partial charge in [-0.15, -0.1) is 0 Å². The Kier molecular flexibility index (Phi) is 4.21. The molecule has 0 aliphatic heterocycles. The molecule has 2 rings (SSSR count). The molecule has 1 aromatic carbocycles. The molecule has 1 aromatic rings. The van der Waals surface area contributed by atoms with Gasteiger partial charge < -0.3 is 5.11 Å². The highest BCUT2D eigenvalue weighted by Gasteiger charge is 2.29. The molecule has 0 amide bonds. The van der Waals surface area contributed by atoms with Gasteiger partial charge in [0.15, 0.2) is 0 Å². The van der Waals surface area contributed by atoms with Crippen LogP contribution in [0.2, 0.25) is 0 Å². The molecule has 1 fully saturated rings. The number of benzene rings is 1. The van der Waals surface area contributed by atoms with Gasteiger partial charge in [-0.05, 0) is 40.4 Å². The van der Waals surface area contributed by atoms with Gasteiger partial charge in [-0.1, -0.05) is 37.8 Å². The number of aliphatic hydroxyl groups is 1. The van der Waals surface area contributed by atoms with Crippen LogP contribution in [-0.4, -0.2) is 10.7 Å². The lowest BCUT2D eigenvalue weighted by Gasteiger charge is -2.27. The molecular weight excluding hydrogens is 283 g/mol. The van der Waals surface area contributed by atoms with E-state index >= 15 is 0 Å². The van der Waals surface area contributed by atoms with E-state index in [-0.39, 0.29) is 5.82 Å². The van der Waals surface area contributed by atoms with Crippen molar-refractivity contribution in [3.8, 4) is 0 Å². The van der Waals surface area contributed by atoms with E-state index in [1.54, 1.807) is 6.07 Å². The summed E-state index contributed by atoms with van der Waals surface area (Å²) in [5.41, 5.74) is 0.224. The summed E-state index contributed by atoms with van der Waals surface area (Å²) in [6, 6.07) is 5.02. The van der Waals surface area contributed by atoms with E-state index < -0.39 is 5.60 Å². The molecule has 1 nitrogen and oxygen atoms in total. The van der Waals surface area contributed by atoms with Crippen LogP contribution in [0.5, 0.6) is 0 Å². The van der Waals surface area contributed by atoms with Gasteiger partial charge in [-0.25, -0.2) is 4.39 Å². The Balaban J connectivity index is 2.15. The Morgan fingerprint density at radius 2 is 1.82 bits per heavy atom. The van der Waals surface area contributed by atoms with Crippen LogP contribution in [0.15, 0.2) is 22.7 Å². The highest BCUT2D eigenvalue weighted by molar-refractivity contribution is 9.10. The fourth-order valence-corrected chi connectivity index (χ4v) is 3.01. The molecule has 3 heteroatoms. The average molecular weight is 301 g/mol. The van der Waals surface area contributed by atoms with Gasteiger partial charge in [0.1, 0.15) is 5.82 Å². The van der Waals surface area contributed by atoms with Crippen LogP contribution >= 0.6 is 15.9 Å². The van der Waals surface area contributed by atoms with E-state index in [9.17, 15) is 9.50 Å². The maximum atomic E-state index is 13.4. The molecule has 0 aromatic heterocycles. The first kappa shape index (κ1) is 13.0. The lowest BCUT2D eigenvalue weighted by molar-refractivity contribution is 0.0250. The van der Waals surface area contributed by atoms with E-state index in [1.807, 2.05) is 6.07 Å². The summed E-state index contributed by atoms with van der Waals surface area (Å²) >= 11 is 3.26. The summed E-state index contributed by atoms with van der Waals surface area (Å²) in [7, 11) is 0. The second-order valence-electron chi connectivity index (χ2n) is 5.03. The van der Waals surface area contributed by atoms with Gasteiger partial charge in [0.25, 0.3) is 0 Å². The van der Waals surface area contributed by atoms with Crippen LogP contribution < -0.4 is 0 Å².